The first-order valence-electron chi connectivity index (χ1n) is 5.68. The van der Waals surface area contributed by atoms with Crippen molar-refractivity contribution in [2.45, 2.75) is 32.1 Å². The van der Waals surface area contributed by atoms with Gasteiger partial charge in [-0.25, -0.2) is 4.79 Å². The number of nitrogens with two attached hydrogens (primary N) is 1. The Kier molecular flexibility index (Phi) is 5.56. The van der Waals surface area contributed by atoms with E-state index in [-0.39, 0.29) is 6.03 Å². The molecule has 3 N–H and O–H groups in total. The summed E-state index contributed by atoms with van der Waals surface area (Å²) in [5.41, 5.74) is 6.57. The van der Waals surface area contributed by atoms with Crippen molar-refractivity contribution < 1.29 is 9.59 Å². The van der Waals surface area contributed by atoms with E-state index in [9.17, 15) is 9.59 Å². The minimum Gasteiger partial charge on any atom is -0.330 e. The van der Waals surface area contributed by atoms with Gasteiger partial charge in [0, 0.05) is 12.7 Å². The standard InChI is InChI=1S/C11H19N3O2/c12-6-3-7-14(9-15)11(16)13-8-10-4-1-2-5-10/h8-9H,1-7,12H2,(H,13,16). The van der Waals surface area contributed by atoms with Crippen molar-refractivity contribution in [1.82, 2.24) is 10.2 Å². The van der Waals surface area contributed by atoms with Crippen LogP contribution in [-0.4, -0.2) is 30.4 Å². The van der Waals surface area contributed by atoms with Gasteiger partial charge in [0.1, 0.15) is 0 Å². The van der Waals surface area contributed by atoms with Gasteiger partial charge in [-0.05, 0) is 38.6 Å². The van der Waals surface area contributed by atoms with E-state index in [1.807, 2.05) is 0 Å². The molecule has 0 aliphatic heterocycles. The van der Waals surface area contributed by atoms with Gasteiger partial charge in [0.2, 0.25) is 6.41 Å². The van der Waals surface area contributed by atoms with E-state index in [4.69, 9.17) is 5.73 Å². The summed E-state index contributed by atoms with van der Waals surface area (Å²) < 4.78 is 0. The van der Waals surface area contributed by atoms with Gasteiger partial charge in [-0.15, -0.1) is 0 Å². The highest BCUT2D eigenvalue weighted by molar-refractivity contribution is 5.85. The Morgan fingerprint density at radius 1 is 1.44 bits per heavy atom. The third-order valence-corrected chi connectivity index (χ3v) is 2.64. The van der Waals surface area contributed by atoms with E-state index in [2.05, 4.69) is 5.32 Å². The Morgan fingerprint density at radius 2 is 2.12 bits per heavy atom. The van der Waals surface area contributed by atoms with Gasteiger partial charge >= 0.3 is 6.03 Å². The molecule has 1 saturated carbocycles. The number of hydrogen-bond donors (Lipinski definition) is 2. The van der Waals surface area contributed by atoms with E-state index >= 15 is 0 Å². The fourth-order valence-corrected chi connectivity index (χ4v) is 1.68. The number of urea groups is 1. The molecule has 90 valence electrons. The molecule has 0 atom stereocenters. The normalized spacial score (nSPS) is 14.7. The number of carbonyl (C=O) groups is 2. The zero-order chi connectivity index (χ0) is 11.8. The molecule has 0 spiro atoms. The fraction of sp³-hybridized carbons (Fsp3) is 0.636. The molecule has 0 bridgehead atoms. The number of nitrogens with zero attached hydrogens (tertiary/aromatic N) is 1. The molecular weight excluding hydrogens is 206 g/mol. The second kappa shape index (κ2) is 7.00. The van der Waals surface area contributed by atoms with Crippen LogP contribution in [0.15, 0.2) is 11.8 Å². The van der Waals surface area contributed by atoms with Crippen molar-refractivity contribution in [3.05, 3.63) is 11.8 Å². The van der Waals surface area contributed by atoms with Crippen LogP contribution < -0.4 is 11.1 Å². The Labute approximate surface area is 95.7 Å². The molecule has 0 unspecified atom stereocenters. The average Bonchev–Trinajstić information content (AvgIpc) is 2.80. The van der Waals surface area contributed by atoms with Gasteiger partial charge < -0.3 is 11.1 Å². The first-order chi connectivity index (χ1) is 7.77. The molecule has 5 nitrogen and oxygen atoms in total. The molecule has 0 aromatic rings. The average molecular weight is 225 g/mol. The molecular formula is C11H19N3O2. The van der Waals surface area contributed by atoms with E-state index in [0.717, 1.165) is 17.7 Å². The number of carbonyl (C=O) groups excluding carboxylic acids is 2. The summed E-state index contributed by atoms with van der Waals surface area (Å²) in [7, 11) is 0. The van der Waals surface area contributed by atoms with Crippen molar-refractivity contribution >= 4 is 12.4 Å². The van der Waals surface area contributed by atoms with Crippen molar-refractivity contribution in [2.24, 2.45) is 5.73 Å². The molecule has 0 aromatic carbocycles. The van der Waals surface area contributed by atoms with Crippen LogP contribution in [0.3, 0.4) is 0 Å². The second-order valence-electron chi connectivity index (χ2n) is 3.90. The van der Waals surface area contributed by atoms with Gasteiger partial charge in [0.25, 0.3) is 0 Å². The zero-order valence-corrected chi connectivity index (χ0v) is 9.45. The fourth-order valence-electron chi connectivity index (χ4n) is 1.68. The quantitative estimate of drug-likeness (QED) is 0.684. The predicted octanol–water partition coefficient (Wildman–Crippen LogP) is 0.961. The number of nitrogens with one attached hydrogen (secondary N) is 1. The molecule has 16 heavy (non-hydrogen) atoms. The summed E-state index contributed by atoms with van der Waals surface area (Å²) in [4.78, 5) is 23.3. The lowest BCUT2D eigenvalue weighted by Gasteiger charge is -2.14. The van der Waals surface area contributed by atoms with Gasteiger partial charge in [-0.3, -0.25) is 9.69 Å². The maximum Gasteiger partial charge on any atom is 0.327 e. The summed E-state index contributed by atoms with van der Waals surface area (Å²) in [6.07, 6.45) is 7.36. The molecule has 0 radical (unpaired) electrons. The van der Waals surface area contributed by atoms with E-state index < -0.39 is 0 Å². The predicted molar refractivity (Wildman–Crippen MR) is 61.5 cm³/mol. The topological polar surface area (TPSA) is 75.4 Å². The Morgan fingerprint density at radius 3 is 2.69 bits per heavy atom. The first-order valence-corrected chi connectivity index (χ1v) is 5.68. The maximum absolute atomic E-state index is 11.5. The van der Waals surface area contributed by atoms with Crippen LogP contribution in [0.1, 0.15) is 32.1 Å². The lowest BCUT2D eigenvalue weighted by atomic mass is 10.2. The Balaban J connectivity index is 2.36. The summed E-state index contributed by atoms with van der Waals surface area (Å²) in [5, 5.41) is 2.64. The highest BCUT2D eigenvalue weighted by atomic mass is 16.2. The van der Waals surface area contributed by atoms with Crippen LogP contribution in [0, 0.1) is 0 Å². The number of rotatable bonds is 5. The van der Waals surface area contributed by atoms with E-state index in [1.54, 1.807) is 6.20 Å². The first kappa shape index (κ1) is 12.7. The number of allylic oxidation sites excluding steroid dienone is 1. The minimum absolute atomic E-state index is 0.370. The third-order valence-electron chi connectivity index (χ3n) is 2.64. The van der Waals surface area contributed by atoms with Crippen LogP contribution in [0.25, 0.3) is 0 Å². The lowest BCUT2D eigenvalue weighted by molar-refractivity contribution is -0.115. The molecule has 3 amide bonds. The summed E-state index contributed by atoms with van der Waals surface area (Å²) in [5.74, 6) is 0. The second-order valence-corrected chi connectivity index (χ2v) is 3.90. The molecule has 1 aliphatic carbocycles. The molecule has 1 aliphatic rings. The largest absolute Gasteiger partial charge is 0.330 e. The van der Waals surface area contributed by atoms with Crippen molar-refractivity contribution in [3.63, 3.8) is 0 Å². The smallest absolute Gasteiger partial charge is 0.327 e. The van der Waals surface area contributed by atoms with E-state index in [1.165, 1.54) is 18.4 Å². The number of amides is 3. The molecule has 1 rings (SSSR count). The molecule has 0 heterocycles. The third kappa shape index (κ3) is 4.02. The number of hydrogen-bond acceptors (Lipinski definition) is 3. The lowest BCUT2D eigenvalue weighted by Crippen LogP contribution is -2.38. The van der Waals surface area contributed by atoms with Crippen LogP contribution in [0.2, 0.25) is 0 Å². The minimum atomic E-state index is -0.372. The maximum atomic E-state index is 11.5. The summed E-state index contributed by atoms with van der Waals surface area (Å²) in [6.45, 7) is 0.841. The molecule has 1 fully saturated rings. The molecule has 5 heteroatoms. The highest BCUT2D eigenvalue weighted by Crippen LogP contribution is 2.22. The van der Waals surface area contributed by atoms with Crippen LogP contribution in [-0.2, 0) is 4.79 Å². The van der Waals surface area contributed by atoms with Gasteiger partial charge in [0.15, 0.2) is 0 Å². The van der Waals surface area contributed by atoms with Crippen LogP contribution in [0.4, 0.5) is 4.79 Å². The SMILES string of the molecule is NCCCN(C=O)C(=O)NC=C1CCCC1. The van der Waals surface area contributed by atoms with E-state index in [0.29, 0.717) is 25.9 Å². The Bertz CT molecular complexity index is 268. The van der Waals surface area contributed by atoms with Gasteiger partial charge in [-0.1, -0.05) is 5.57 Å². The zero-order valence-electron chi connectivity index (χ0n) is 9.45. The monoisotopic (exact) mass is 225 g/mol. The molecule has 0 aromatic heterocycles. The van der Waals surface area contributed by atoms with Crippen LogP contribution in [0.5, 0.6) is 0 Å². The van der Waals surface area contributed by atoms with Crippen LogP contribution >= 0.6 is 0 Å². The van der Waals surface area contributed by atoms with Gasteiger partial charge in [-0.2, -0.15) is 0 Å². The molecule has 0 saturated heterocycles. The van der Waals surface area contributed by atoms with Gasteiger partial charge in [0.05, 0.1) is 0 Å². The Hall–Kier alpha value is -1.36. The van der Waals surface area contributed by atoms with Crippen molar-refractivity contribution in [2.75, 3.05) is 13.1 Å². The highest BCUT2D eigenvalue weighted by Gasteiger charge is 2.11. The number of imide groups is 1. The van der Waals surface area contributed by atoms with Crippen molar-refractivity contribution in [3.8, 4) is 0 Å². The van der Waals surface area contributed by atoms with Crippen molar-refractivity contribution in [1.29, 1.82) is 0 Å². The summed E-state index contributed by atoms with van der Waals surface area (Å²) in [6, 6.07) is -0.372. The summed E-state index contributed by atoms with van der Waals surface area (Å²) >= 11 is 0.